The molecule has 108 valence electrons. The molecule has 1 aromatic carbocycles. The Bertz CT molecular complexity index is 499. The Hall–Kier alpha value is -1.55. The lowest BCUT2D eigenvalue weighted by Gasteiger charge is -2.31. The van der Waals surface area contributed by atoms with E-state index < -0.39 is 0 Å². The summed E-state index contributed by atoms with van der Waals surface area (Å²) in [5.74, 6) is 1.86. The van der Waals surface area contributed by atoms with Crippen LogP contribution in [0.2, 0.25) is 0 Å². The number of carbonyl (C=O) groups excluding carboxylic acids is 1. The summed E-state index contributed by atoms with van der Waals surface area (Å²) in [6.45, 7) is 2.59. The third kappa shape index (κ3) is 2.66. The maximum absolute atomic E-state index is 12.2. The van der Waals surface area contributed by atoms with E-state index in [0.717, 1.165) is 23.7 Å². The van der Waals surface area contributed by atoms with E-state index in [1.807, 2.05) is 23.1 Å². The van der Waals surface area contributed by atoms with E-state index in [-0.39, 0.29) is 12.1 Å². The summed E-state index contributed by atoms with van der Waals surface area (Å²) in [6, 6.07) is 8.25. The number of nitrogens with zero attached hydrogens (tertiary/aromatic N) is 1. The summed E-state index contributed by atoms with van der Waals surface area (Å²) in [7, 11) is 1.67. The highest BCUT2D eigenvalue weighted by Gasteiger charge is 2.37. The second-order valence-electron chi connectivity index (χ2n) is 5.89. The largest absolute Gasteiger partial charge is 0.497 e. The van der Waals surface area contributed by atoms with Gasteiger partial charge in [-0.15, -0.1) is 0 Å². The van der Waals surface area contributed by atoms with Crippen LogP contribution in [0.1, 0.15) is 37.9 Å². The lowest BCUT2D eigenvalue weighted by molar-refractivity contribution is -0.130. The molecular weight excluding hydrogens is 252 g/mol. The van der Waals surface area contributed by atoms with Crippen molar-refractivity contribution in [2.75, 3.05) is 13.7 Å². The molecule has 0 aromatic heterocycles. The molecule has 2 fully saturated rings. The second-order valence-corrected chi connectivity index (χ2v) is 5.89. The first-order valence-corrected chi connectivity index (χ1v) is 7.37. The van der Waals surface area contributed by atoms with Gasteiger partial charge in [-0.2, -0.15) is 0 Å². The molecule has 1 aliphatic heterocycles. The van der Waals surface area contributed by atoms with E-state index in [2.05, 4.69) is 18.3 Å². The predicted molar refractivity (Wildman–Crippen MR) is 77.4 cm³/mol. The fourth-order valence-corrected chi connectivity index (χ4v) is 3.06. The van der Waals surface area contributed by atoms with E-state index in [9.17, 15) is 4.79 Å². The molecule has 20 heavy (non-hydrogen) atoms. The molecule has 1 saturated carbocycles. The van der Waals surface area contributed by atoms with E-state index >= 15 is 0 Å². The van der Waals surface area contributed by atoms with Crippen LogP contribution in [0.5, 0.6) is 5.75 Å². The third-order valence-corrected chi connectivity index (χ3v) is 4.27. The normalized spacial score (nSPS) is 24.0. The lowest BCUT2D eigenvalue weighted by atomic mass is 10.1. The van der Waals surface area contributed by atoms with Gasteiger partial charge in [0.1, 0.15) is 11.9 Å². The van der Waals surface area contributed by atoms with Gasteiger partial charge in [0, 0.05) is 6.04 Å². The van der Waals surface area contributed by atoms with Gasteiger partial charge in [0.2, 0.25) is 5.91 Å². The first-order valence-electron chi connectivity index (χ1n) is 7.37. The van der Waals surface area contributed by atoms with Gasteiger partial charge < -0.3 is 9.64 Å². The minimum absolute atomic E-state index is 0.0219. The van der Waals surface area contributed by atoms with Crippen LogP contribution in [0, 0.1) is 5.92 Å². The Morgan fingerprint density at radius 1 is 1.45 bits per heavy atom. The number of hydrogen-bond acceptors (Lipinski definition) is 3. The highest BCUT2D eigenvalue weighted by atomic mass is 16.5. The summed E-state index contributed by atoms with van der Waals surface area (Å²) in [5.41, 5.74) is 1.10. The first kappa shape index (κ1) is 13.4. The number of rotatable bonds is 5. The molecule has 3 rings (SSSR count). The summed E-state index contributed by atoms with van der Waals surface area (Å²) in [5, 5.41) is 3.32. The van der Waals surface area contributed by atoms with Crippen molar-refractivity contribution >= 4 is 5.91 Å². The average molecular weight is 274 g/mol. The van der Waals surface area contributed by atoms with Gasteiger partial charge in [-0.1, -0.05) is 25.0 Å². The summed E-state index contributed by atoms with van der Waals surface area (Å²) >= 11 is 0. The summed E-state index contributed by atoms with van der Waals surface area (Å²) < 4.78 is 5.28. The molecule has 1 aliphatic carbocycles. The number of methoxy groups -OCH3 is 1. The summed E-state index contributed by atoms with van der Waals surface area (Å²) in [4.78, 5) is 14.2. The van der Waals surface area contributed by atoms with E-state index in [4.69, 9.17) is 4.74 Å². The maximum atomic E-state index is 12.2. The Morgan fingerprint density at radius 2 is 2.25 bits per heavy atom. The van der Waals surface area contributed by atoms with E-state index in [1.54, 1.807) is 7.11 Å². The molecule has 1 N–H and O–H groups in total. The fraction of sp³-hybridized carbons (Fsp3) is 0.562. The Kier molecular flexibility index (Phi) is 3.66. The van der Waals surface area contributed by atoms with Crippen LogP contribution in [0.25, 0.3) is 0 Å². The van der Waals surface area contributed by atoms with Crippen molar-refractivity contribution in [2.24, 2.45) is 5.92 Å². The van der Waals surface area contributed by atoms with Crippen LogP contribution in [0.3, 0.4) is 0 Å². The van der Waals surface area contributed by atoms with Crippen LogP contribution in [0.4, 0.5) is 0 Å². The van der Waals surface area contributed by atoms with Crippen molar-refractivity contribution in [3.05, 3.63) is 29.8 Å². The number of carbonyl (C=O) groups is 1. The first-order chi connectivity index (χ1) is 9.69. The molecule has 2 unspecified atom stereocenters. The second kappa shape index (κ2) is 5.44. The molecule has 0 radical (unpaired) electrons. The number of ether oxygens (including phenoxy) is 1. The number of benzene rings is 1. The maximum Gasteiger partial charge on any atom is 0.238 e. The van der Waals surface area contributed by atoms with E-state index in [1.165, 1.54) is 12.8 Å². The topological polar surface area (TPSA) is 41.6 Å². The lowest BCUT2D eigenvalue weighted by Crippen LogP contribution is -2.38. The quantitative estimate of drug-likeness (QED) is 0.896. The Balaban J connectivity index is 1.80. The minimum Gasteiger partial charge on any atom is -0.497 e. The molecular formula is C16H22N2O2. The summed E-state index contributed by atoms with van der Waals surface area (Å²) in [6.07, 6.45) is 3.74. The SMILES string of the molecule is COc1cccc(C2NCC(=O)N2C(C)CC2CC2)c1. The van der Waals surface area contributed by atoms with Crippen molar-refractivity contribution in [3.63, 3.8) is 0 Å². The highest BCUT2D eigenvalue weighted by molar-refractivity contribution is 5.81. The standard InChI is InChI=1S/C16H22N2O2/c1-11(8-12-6-7-12)18-15(19)10-17-16(18)13-4-3-5-14(9-13)20-2/h3-5,9,11-12,16-17H,6-8,10H2,1-2H3. The van der Waals surface area contributed by atoms with Crippen molar-refractivity contribution < 1.29 is 9.53 Å². The van der Waals surface area contributed by atoms with E-state index in [0.29, 0.717) is 12.6 Å². The molecule has 1 heterocycles. The van der Waals surface area contributed by atoms with Crippen molar-refractivity contribution in [1.82, 2.24) is 10.2 Å². The number of nitrogens with one attached hydrogen (secondary N) is 1. The average Bonchev–Trinajstić information content (AvgIpc) is 3.18. The van der Waals surface area contributed by atoms with Gasteiger partial charge in [-0.25, -0.2) is 0 Å². The zero-order valence-electron chi connectivity index (χ0n) is 12.1. The van der Waals surface area contributed by atoms with Crippen LogP contribution in [-0.2, 0) is 4.79 Å². The smallest absolute Gasteiger partial charge is 0.238 e. The van der Waals surface area contributed by atoms with Gasteiger partial charge in [0.15, 0.2) is 0 Å². The number of hydrogen-bond donors (Lipinski definition) is 1. The zero-order chi connectivity index (χ0) is 14.1. The molecule has 1 amide bonds. The monoisotopic (exact) mass is 274 g/mol. The van der Waals surface area contributed by atoms with Crippen molar-refractivity contribution in [1.29, 1.82) is 0 Å². The third-order valence-electron chi connectivity index (χ3n) is 4.27. The molecule has 2 atom stereocenters. The van der Waals surface area contributed by atoms with Gasteiger partial charge in [-0.05, 0) is 37.0 Å². The molecule has 4 nitrogen and oxygen atoms in total. The van der Waals surface area contributed by atoms with Crippen LogP contribution >= 0.6 is 0 Å². The predicted octanol–water partition coefficient (Wildman–Crippen LogP) is 2.31. The van der Waals surface area contributed by atoms with Gasteiger partial charge >= 0.3 is 0 Å². The zero-order valence-corrected chi connectivity index (χ0v) is 12.1. The van der Waals surface area contributed by atoms with Crippen molar-refractivity contribution in [3.8, 4) is 5.75 Å². The van der Waals surface area contributed by atoms with Crippen molar-refractivity contribution in [2.45, 2.75) is 38.4 Å². The molecule has 1 saturated heterocycles. The number of amides is 1. The molecule has 0 spiro atoms. The Morgan fingerprint density at radius 3 is 2.95 bits per heavy atom. The van der Waals surface area contributed by atoms with Crippen LogP contribution in [-0.4, -0.2) is 30.5 Å². The van der Waals surface area contributed by atoms with Crippen LogP contribution < -0.4 is 10.1 Å². The van der Waals surface area contributed by atoms with Gasteiger partial charge in [0.25, 0.3) is 0 Å². The van der Waals surface area contributed by atoms with Gasteiger partial charge in [0.05, 0.1) is 13.7 Å². The minimum atomic E-state index is -0.0219. The molecule has 0 bridgehead atoms. The Labute approximate surface area is 120 Å². The van der Waals surface area contributed by atoms with Crippen LogP contribution in [0.15, 0.2) is 24.3 Å². The fourth-order valence-electron chi connectivity index (χ4n) is 3.06. The molecule has 1 aromatic rings. The van der Waals surface area contributed by atoms with Gasteiger partial charge in [-0.3, -0.25) is 10.1 Å². The highest BCUT2D eigenvalue weighted by Crippen LogP contribution is 2.37. The molecule has 2 aliphatic rings. The molecule has 4 heteroatoms.